The van der Waals surface area contributed by atoms with E-state index in [0.29, 0.717) is 15.8 Å². The van der Waals surface area contributed by atoms with Crippen LogP contribution in [0.15, 0.2) is 46.9 Å². The minimum absolute atomic E-state index is 0.173. The number of hydrogen-bond donors (Lipinski definition) is 3. The molecule has 4 rings (SSSR count). The van der Waals surface area contributed by atoms with Gasteiger partial charge in [-0.15, -0.1) is 0 Å². The fourth-order valence-corrected chi connectivity index (χ4v) is 4.30. The third-order valence-corrected chi connectivity index (χ3v) is 5.56. The van der Waals surface area contributed by atoms with Crippen LogP contribution in [0.5, 0.6) is 5.75 Å². The molecule has 0 saturated carbocycles. The molecule has 2 heterocycles. The van der Waals surface area contributed by atoms with Crippen LogP contribution in [-0.2, 0) is 4.79 Å². The number of carbonyl (C=O) groups excluding carboxylic acids is 1. The summed E-state index contributed by atoms with van der Waals surface area (Å²) in [6.45, 7) is 1.84. The Morgan fingerprint density at radius 3 is 2.77 bits per heavy atom. The molecule has 0 spiro atoms. The van der Waals surface area contributed by atoms with E-state index in [9.17, 15) is 4.79 Å². The van der Waals surface area contributed by atoms with Gasteiger partial charge in [-0.2, -0.15) is 0 Å². The third kappa shape index (κ3) is 3.04. The van der Waals surface area contributed by atoms with Crippen LogP contribution >= 0.6 is 39.7 Å². The Kier molecular flexibility index (Phi) is 4.33. The number of halogens is 2. The summed E-state index contributed by atoms with van der Waals surface area (Å²) in [6, 6.07) is 12.4. The maximum absolute atomic E-state index is 13.1. The molecule has 0 aromatic heterocycles. The summed E-state index contributed by atoms with van der Waals surface area (Å²) in [5, 5.41) is 10.3. The van der Waals surface area contributed by atoms with Gasteiger partial charge in [0.1, 0.15) is 11.7 Å². The number of nitrogens with one attached hydrogen (secondary N) is 3. The maximum Gasteiger partial charge on any atom is 0.236 e. The number of thiocarbonyl (C=S) groups is 1. The Bertz CT molecular complexity index is 908. The molecule has 1 amide bonds. The summed E-state index contributed by atoms with van der Waals surface area (Å²) < 4.78 is 7.07. The van der Waals surface area contributed by atoms with Crippen molar-refractivity contribution in [1.29, 1.82) is 0 Å². The lowest BCUT2D eigenvalue weighted by Gasteiger charge is -2.50. The predicted molar refractivity (Wildman–Crippen MR) is 108 cm³/mol. The predicted octanol–water partition coefficient (Wildman–Crippen LogP) is 3.98. The van der Waals surface area contributed by atoms with Gasteiger partial charge in [-0.3, -0.25) is 4.79 Å². The van der Waals surface area contributed by atoms with Crippen LogP contribution in [0.1, 0.15) is 18.5 Å². The van der Waals surface area contributed by atoms with E-state index in [1.54, 1.807) is 24.3 Å². The fourth-order valence-electron chi connectivity index (χ4n) is 3.47. The molecular weight excluding hydrogens is 438 g/mol. The lowest BCUT2D eigenvalue weighted by molar-refractivity contribution is -0.132. The van der Waals surface area contributed by atoms with E-state index in [4.69, 9.17) is 28.6 Å². The molecule has 5 nitrogen and oxygen atoms in total. The zero-order valence-electron chi connectivity index (χ0n) is 13.7. The van der Waals surface area contributed by atoms with Gasteiger partial charge in [0.15, 0.2) is 10.8 Å². The van der Waals surface area contributed by atoms with Crippen molar-refractivity contribution in [3.05, 3.63) is 57.5 Å². The monoisotopic (exact) mass is 451 g/mol. The molecule has 8 heteroatoms. The summed E-state index contributed by atoms with van der Waals surface area (Å²) in [5.74, 6) is 0.0124. The van der Waals surface area contributed by atoms with Crippen molar-refractivity contribution in [2.75, 3.05) is 5.32 Å². The zero-order valence-corrected chi connectivity index (χ0v) is 16.8. The van der Waals surface area contributed by atoms with Crippen molar-refractivity contribution < 1.29 is 9.53 Å². The average molecular weight is 453 g/mol. The quantitative estimate of drug-likeness (QED) is 0.602. The minimum Gasteiger partial charge on any atom is -0.467 e. The van der Waals surface area contributed by atoms with Crippen LogP contribution in [0.3, 0.4) is 0 Å². The number of amides is 1. The van der Waals surface area contributed by atoms with Gasteiger partial charge in [0.05, 0.1) is 6.04 Å². The summed E-state index contributed by atoms with van der Waals surface area (Å²) in [6.07, 6.45) is 0. The maximum atomic E-state index is 13.1. The molecular formula is C18H15BrClN3O2S. The van der Waals surface area contributed by atoms with Crippen molar-refractivity contribution in [3.63, 3.8) is 0 Å². The van der Waals surface area contributed by atoms with Crippen LogP contribution in [0.2, 0.25) is 5.02 Å². The number of rotatable bonds is 2. The number of ether oxygens (including phenoxy) is 1. The molecule has 134 valence electrons. The number of anilines is 1. The van der Waals surface area contributed by atoms with Crippen LogP contribution in [0.4, 0.5) is 5.69 Å². The zero-order chi connectivity index (χ0) is 18.5. The summed E-state index contributed by atoms with van der Waals surface area (Å²) in [5.41, 5.74) is 0.602. The van der Waals surface area contributed by atoms with Gasteiger partial charge >= 0.3 is 0 Å². The summed E-state index contributed by atoms with van der Waals surface area (Å²) in [4.78, 5) is 13.1. The molecule has 0 unspecified atom stereocenters. The average Bonchev–Trinajstić information content (AvgIpc) is 2.56. The molecule has 1 fully saturated rings. The second kappa shape index (κ2) is 6.40. The number of fused-ring (bicyclic) bond motifs is 4. The Balaban J connectivity index is 1.71. The minimum atomic E-state index is -0.954. The van der Waals surface area contributed by atoms with Crippen molar-refractivity contribution in [1.82, 2.24) is 10.6 Å². The first-order valence-corrected chi connectivity index (χ1v) is 9.57. The van der Waals surface area contributed by atoms with E-state index in [1.165, 1.54) is 0 Å². The topological polar surface area (TPSA) is 62.4 Å². The third-order valence-electron chi connectivity index (χ3n) is 4.60. The molecule has 1 saturated heterocycles. The van der Waals surface area contributed by atoms with E-state index >= 15 is 0 Å². The second-order valence-electron chi connectivity index (χ2n) is 6.44. The van der Waals surface area contributed by atoms with Gasteiger partial charge in [-0.05, 0) is 61.6 Å². The van der Waals surface area contributed by atoms with Gasteiger partial charge in [-0.1, -0.05) is 27.5 Å². The van der Waals surface area contributed by atoms with E-state index in [1.807, 2.05) is 25.1 Å². The van der Waals surface area contributed by atoms with Crippen molar-refractivity contribution in [3.8, 4) is 5.75 Å². The molecule has 3 N–H and O–H groups in total. The molecule has 2 aromatic rings. The Labute approximate surface area is 169 Å². The standard InChI is InChI=1S/C18H15BrClN3O2S/c1-18-14(16(24)21-11-5-3-10(20)4-6-11)15(22-17(26)23-18)12-8-9(19)2-7-13(12)25-18/h2-8,14-15H,1H3,(H,21,24)(H2,22,23,26)/t14-,15+,18+/m1/s1. The summed E-state index contributed by atoms with van der Waals surface area (Å²) in [7, 11) is 0. The van der Waals surface area contributed by atoms with Gasteiger partial charge in [0.25, 0.3) is 0 Å². The number of carbonyl (C=O) groups is 1. The Morgan fingerprint density at radius 1 is 1.31 bits per heavy atom. The van der Waals surface area contributed by atoms with Gasteiger partial charge < -0.3 is 20.7 Å². The summed E-state index contributed by atoms with van der Waals surface area (Å²) >= 11 is 14.7. The molecule has 2 aromatic carbocycles. The lowest BCUT2D eigenvalue weighted by atomic mass is 9.80. The molecule has 0 radical (unpaired) electrons. The van der Waals surface area contributed by atoms with E-state index < -0.39 is 11.6 Å². The molecule has 2 aliphatic heterocycles. The van der Waals surface area contributed by atoms with Crippen LogP contribution in [0, 0.1) is 5.92 Å². The van der Waals surface area contributed by atoms with Crippen molar-refractivity contribution in [2.24, 2.45) is 5.92 Å². The number of benzene rings is 2. The molecule has 2 bridgehead atoms. The SMILES string of the molecule is C[C@]12NC(=S)N[C@@H](c3cc(Br)ccc3O1)[C@@H]2C(=O)Nc1ccc(Cl)cc1. The largest absolute Gasteiger partial charge is 0.467 e. The molecule has 3 atom stereocenters. The van der Waals surface area contributed by atoms with E-state index in [0.717, 1.165) is 15.8 Å². The van der Waals surface area contributed by atoms with E-state index in [-0.39, 0.29) is 11.9 Å². The highest BCUT2D eigenvalue weighted by Crippen LogP contribution is 2.45. The highest BCUT2D eigenvalue weighted by molar-refractivity contribution is 9.10. The lowest BCUT2D eigenvalue weighted by Crippen LogP contribution is -2.70. The van der Waals surface area contributed by atoms with Crippen LogP contribution < -0.4 is 20.7 Å². The highest BCUT2D eigenvalue weighted by atomic mass is 79.9. The first kappa shape index (κ1) is 17.6. The van der Waals surface area contributed by atoms with Gasteiger partial charge in [-0.25, -0.2) is 0 Å². The van der Waals surface area contributed by atoms with Crippen LogP contribution in [0.25, 0.3) is 0 Å². The van der Waals surface area contributed by atoms with E-state index in [2.05, 4.69) is 31.9 Å². The first-order valence-electron chi connectivity index (χ1n) is 7.99. The molecule has 2 aliphatic rings. The van der Waals surface area contributed by atoms with Gasteiger partial charge in [0, 0.05) is 20.7 Å². The molecule has 0 aliphatic carbocycles. The normalized spacial score (nSPS) is 26.0. The van der Waals surface area contributed by atoms with Crippen LogP contribution in [-0.4, -0.2) is 16.7 Å². The highest BCUT2D eigenvalue weighted by Gasteiger charge is 2.54. The van der Waals surface area contributed by atoms with Gasteiger partial charge in [0.2, 0.25) is 5.91 Å². The second-order valence-corrected chi connectivity index (χ2v) is 8.20. The van der Waals surface area contributed by atoms with Crippen molar-refractivity contribution >= 4 is 56.5 Å². The number of hydrogen-bond acceptors (Lipinski definition) is 3. The first-order chi connectivity index (χ1) is 12.4. The fraction of sp³-hybridized carbons (Fsp3) is 0.222. The smallest absolute Gasteiger partial charge is 0.236 e. The molecule has 26 heavy (non-hydrogen) atoms. The Morgan fingerprint density at radius 2 is 2.04 bits per heavy atom. The van der Waals surface area contributed by atoms with Crippen molar-refractivity contribution in [2.45, 2.75) is 18.7 Å². The Hall–Kier alpha value is -1.83.